The maximum Gasteiger partial charge on any atom is 0.407 e. The Bertz CT molecular complexity index is 1330. The molecule has 0 aromatic heterocycles. The van der Waals surface area contributed by atoms with Crippen LogP contribution < -0.4 is 27.0 Å². The lowest BCUT2D eigenvalue weighted by molar-refractivity contribution is -0.139. The van der Waals surface area contributed by atoms with Crippen LogP contribution in [-0.4, -0.2) is 85.9 Å². The summed E-state index contributed by atoms with van der Waals surface area (Å²) in [6.07, 6.45) is -0.374. The summed E-state index contributed by atoms with van der Waals surface area (Å²) in [5.74, 6) is -3.01. The van der Waals surface area contributed by atoms with Gasteiger partial charge in [-0.15, -0.1) is 0 Å². The highest BCUT2D eigenvalue weighted by Gasteiger charge is 2.37. The first-order valence-corrected chi connectivity index (χ1v) is 13.6. The molecule has 2 aromatic carbocycles. The lowest BCUT2D eigenvalue weighted by Crippen LogP contribution is -2.51. The van der Waals surface area contributed by atoms with Gasteiger partial charge in [0.15, 0.2) is 0 Å². The van der Waals surface area contributed by atoms with Crippen LogP contribution in [0.5, 0.6) is 0 Å². The Balaban J connectivity index is 1.19. The van der Waals surface area contributed by atoms with Crippen molar-refractivity contribution in [1.29, 1.82) is 0 Å². The van der Waals surface area contributed by atoms with Crippen molar-refractivity contribution in [2.24, 2.45) is 11.7 Å². The fourth-order valence-electron chi connectivity index (χ4n) is 5.24. The van der Waals surface area contributed by atoms with Crippen LogP contribution in [0.15, 0.2) is 48.5 Å². The van der Waals surface area contributed by atoms with E-state index < -0.39 is 48.2 Å². The van der Waals surface area contributed by atoms with E-state index >= 15 is 0 Å². The van der Waals surface area contributed by atoms with Crippen LogP contribution in [0.1, 0.15) is 30.4 Å². The van der Waals surface area contributed by atoms with Crippen LogP contribution >= 0.6 is 0 Å². The molecule has 1 fully saturated rings. The van der Waals surface area contributed by atoms with E-state index in [0.29, 0.717) is 13.0 Å². The number of benzene rings is 2. The minimum Gasteiger partial charge on any atom is -0.449 e. The molecule has 2 aliphatic rings. The summed E-state index contributed by atoms with van der Waals surface area (Å²) < 4.78 is 5.41. The smallest absolute Gasteiger partial charge is 0.407 e. The second-order valence-corrected chi connectivity index (χ2v) is 10.3. The number of nitrogens with zero attached hydrogens (tertiary/aromatic N) is 1. The summed E-state index contributed by atoms with van der Waals surface area (Å²) in [6, 6.07) is 15.1. The maximum absolute atomic E-state index is 12.8. The molecule has 222 valence electrons. The van der Waals surface area contributed by atoms with E-state index in [0.717, 1.165) is 22.3 Å². The molecule has 4 rings (SSSR count). The molecule has 42 heavy (non-hydrogen) atoms. The summed E-state index contributed by atoms with van der Waals surface area (Å²) in [5.41, 5.74) is 9.31. The van der Waals surface area contributed by atoms with Gasteiger partial charge in [0.2, 0.25) is 29.5 Å². The second-order valence-electron chi connectivity index (χ2n) is 10.3. The van der Waals surface area contributed by atoms with Gasteiger partial charge in [0, 0.05) is 12.5 Å². The summed E-state index contributed by atoms with van der Waals surface area (Å²) in [7, 11) is 0. The van der Waals surface area contributed by atoms with Gasteiger partial charge < -0.3 is 36.6 Å². The van der Waals surface area contributed by atoms with E-state index in [9.17, 15) is 28.8 Å². The topological polar surface area (TPSA) is 189 Å². The summed E-state index contributed by atoms with van der Waals surface area (Å²) in [6.45, 7) is 0.782. The number of rotatable bonds is 11. The number of amides is 6. The molecule has 13 nitrogen and oxygen atoms in total. The van der Waals surface area contributed by atoms with Gasteiger partial charge in [-0.25, -0.2) is 4.79 Å². The summed E-state index contributed by atoms with van der Waals surface area (Å²) in [5, 5.41) is 9.55. The molecule has 0 spiro atoms. The number of hydrogen-bond acceptors (Lipinski definition) is 7. The van der Waals surface area contributed by atoms with Crippen LogP contribution in [-0.2, 0) is 28.7 Å². The predicted octanol–water partition coefficient (Wildman–Crippen LogP) is -0.404. The zero-order valence-corrected chi connectivity index (χ0v) is 23.2. The molecule has 13 heteroatoms. The summed E-state index contributed by atoms with van der Waals surface area (Å²) >= 11 is 0. The highest BCUT2D eigenvalue weighted by Crippen LogP contribution is 2.44. The Kier molecular flexibility index (Phi) is 9.73. The molecule has 1 saturated heterocycles. The molecule has 1 aliphatic heterocycles. The second kappa shape index (κ2) is 13.6. The third-order valence-corrected chi connectivity index (χ3v) is 7.19. The van der Waals surface area contributed by atoms with Crippen molar-refractivity contribution in [3.05, 3.63) is 59.7 Å². The average Bonchev–Trinajstić information content (AvgIpc) is 3.53. The minimum atomic E-state index is -0.813. The molecule has 0 unspecified atom stereocenters. The van der Waals surface area contributed by atoms with E-state index in [4.69, 9.17) is 10.5 Å². The number of fused-ring (bicyclic) bond motifs is 3. The van der Waals surface area contributed by atoms with Crippen molar-refractivity contribution in [3.63, 3.8) is 0 Å². The monoisotopic (exact) mass is 578 g/mol. The Morgan fingerprint density at radius 3 is 2.00 bits per heavy atom. The molecule has 2 atom stereocenters. The third-order valence-electron chi connectivity index (χ3n) is 7.19. The third kappa shape index (κ3) is 7.42. The van der Waals surface area contributed by atoms with E-state index in [1.165, 1.54) is 4.90 Å². The first kappa shape index (κ1) is 30.0. The molecular weight excluding hydrogens is 544 g/mol. The predicted molar refractivity (Wildman–Crippen MR) is 151 cm³/mol. The first-order chi connectivity index (χ1) is 20.1. The highest BCUT2D eigenvalue weighted by atomic mass is 16.5. The van der Waals surface area contributed by atoms with Crippen molar-refractivity contribution in [3.8, 4) is 11.1 Å². The zero-order valence-electron chi connectivity index (χ0n) is 23.2. The number of nitrogens with two attached hydrogens (primary N) is 1. The zero-order chi connectivity index (χ0) is 30.2. The number of ether oxygens (including phenoxy) is 1. The van der Waals surface area contributed by atoms with Crippen LogP contribution in [0.4, 0.5) is 4.79 Å². The largest absolute Gasteiger partial charge is 0.449 e. The van der Waals surface area contributed by atoms with E-state index in [1.807, 2.05) is 55.5 Å². The number of carbonyl (C=O) groups excluding carboxylic acids is 6. The summed E-state index contributed by atoms with van der Waals surface area (Å²) in [4.78, 5) is 73.9. The van der Waals surface area contributed by atoms with E-state index in [-0.39, 0.29) is 38.1 Å². The number of hydrogen-bond donors (Lipinski definition) is 5. The van der Waals surface area contributed by atoms with Crippen LogP contribution in [0, 0.1) is 5.92 Å². The Hall–Kier alpha value is -4.94. The molecule has 6 amide bonds. The van der Waals surface area contributed by atoms with Crippen molar-refractivity contribution in [2.45, 2.75) is 25.3 Å². The van der Waals surface area contributed by atoms with Gasteiger partial charge in [-0.05, 0) is 34.6 Å². The Labute approximate surface area is 242 Å². The maximum atomic E-state index is 12.8. The molecule has 1 heterocycles. The van der Waals surface area contributed by atoms with Crippen LogP contribution in [0.3, 0.4) is 0 Å². The highest BCUT2D eigenvalue weighted by molar-refractivity contribution is 5.93. The number of likely N-dealkylation sites (tertiary alicyclic amines) is 1. The Morgan fingerprint density at radius 2 is 1.38 bits per heavy atom. The van der Waals surface area contributed by atoms with Crippen molar-refractivity contribution >= 4 is 35.6 Å². The van der Waals surface area contributed by atoms with Crippen LogP contribution in [0.25, 0.3) is 11.1 Å². The average molecular weight is 579 g/mol. The molecule has 1 aliphatic carbocycles. The van der Waals surface area contributed by atoms with Gasteiger partial charge >= 0.3 is 6.09 Å². The number of carbonyl (C=O) groups is 6. The van der Waals surface area contributed by atoms with Crippen molar-refractivity contribution in [2.75, 3.05) is 39.3 Å². The molecule has 0 saturated carbocycles. The standard InChI is InChI=1S/C29H34N6O7/c1-17-10-23(28(40)33-12-25(37)31-11-24(30)36)35(15-17)27(39)14-32-26(38)13-34-29(41)42-16-22-20-8-4-2-6-18(20)19-7-3-5-9-21(19)22/h2-9,17,22-23H,10-16H2,1H3,(H2,30,36)(H,31,37)(H,32,38)(H,33,40)(H,34,41)/t17-,23+/m0/s1. The minimum absolute atomic E-state index is 0.0272. The molecule has 6 N–H and O–H groups in total. The van der Waals surface area contributed by atoms with E-state index in [2.05, 4.69) is 21.3 Å². The van der Waals surface area contributed by atoms with Gasteiger partial charge in [-0.3, -0.25) is 24.0 Å². The molecular formula is C29H34N6O7. The quantitative estimate of drug-likeness (QED) is 0.240. The lowest BCUT2D eigenvalue weighted by atomic mass is 9.98. The van der Waals surface area contributed by atoms with Gasteiger partial charge in [-0.1, -0.05) is 55.5 Å². The number of nitrogens with one attached hydrogen (secondary N) is 4. The Morgan fingerprint density at radius 1 is 0.810 bits per heavy atom. The van der Waals surface area contributed by atoms with Gasteiger partial charge in [-0.2, -0.15) is 0 Å². The van der Waals surface area contributed by atoms with Gasteiger partial charge in [0.1, 0.15) is 19.2 Å². The van der Waals surface area contributed by atoms with E-state index in [1.54, 1.807) is 0 Å². The first-order valence-electron chi connectivity index (χ1n) is 13.6. The number of primary amides is 1. The fourth-order valence-corrected chi connectivity index (χ4v) is 5.24. The lowest BCUT2D eigenvalue weighted by Gasteiger charge is -2.24. The molecule has 2 aromatic rings. The molecule has 0 radical (unpaired) electrons. The fraction of sp³-hybridized carbons (Fsp3) is 0.379. The SMILES string of the molecule is C[C@H]1C[C@H](C(=O)NCC(=O)NCC(N)=O)N(C(=O)CNC(=O)CNC(=O)OCC2c3ccccc3-c3ccccc32)C1. The number of alkyl carbamates (subject to hydrolysis) is 1. The van der Waals surface area contributed by atoms with Crippen molar-refractivity contribution < 1.29 is 33.5 Å². The van der Waals surface area contributed by atoms with Crippen molar-refractivity contribution in [1.82, 2.24) is 26.2 Å². The molecule has 0 bridgehead atoms. The van der Waals surface area contributed by atoms with Gasteiger partial charge in [0.05, 0.1) is 19.6 Å². The van der Waals surface area contributed by atoms with Gasteiger partial charge in [0.25, 0.3) is 0 Å². The normalized spacial score (nSPS) is 17.0. The van der Waals surface area contributed by atoms with Crippen LogP contribution in [0.2, 0.25) is 0 Å².